The molecule has 1 saturated heterocycles. The molecular formula is C18H20FN3O. The molecular weight excluding hydrogens is 293 g/mol. The maximum Gasteiger partial charge on any atom is 0.226 e. The quantitative estimate of drug-likeness (QED) is 0.870. The van der Waals surface area contributed by atoms with Gasteiger partial charge in [-0.3, -0.25) is 9.48 Å². The fraction of sp³-hybridized carbons (Fsp3) is 0.444. The van der Waals surface area contributed by atoms with Crippen LogP contribution in [0.15, 0.2) is 42.7 Å². The fourth-order valence-electron chi connectivity index (χ4n) is 3.70. The van der Waals surface area contributed by atoms with Gasteiger partial charge in [0, 0.05) is 24.9 Å². The molecule has 5 heteroatoms. The van der Waals surface area contributed by atoms with Gasteiger partial charge in [0.25, 0.3) is 0 Å². The highest BCUT2D eigenvalue weighted by Crippen LogP contribution is 2.49. The lowest BCUT2D eigenvalue weighted by Crippen LogP contribution is -2.39. The summed E-state index contributed by atoms with van der Waals surface area (Å²) in [7, 11) is 0. The van der Waals surface area contributed by atoms with E-state index in [-0.39, 0.29) is 29.6 Å². The molecule has 1 aliphatic carbocycles. The van der Waals surface area contributed by atoms with Gasteiger partial charge >= 0.3 is 0 Å². The summed E-state index contributed by atoms with van der Waals surface area (Å²) in [5.74, 6) is 0.359. The molecule has 0 spiro atoms. The van der Waals surface area contributed by atoms with Crippen molar-refractivity contribution < 1.29 is 9.18 Å². The number of rotatable bonds is 4. The van der Waals surface area contributed by atoms with Gasteiger partial charge < -0.3 is 4.90 Å². The molecule has 3 atom stereocenters. The zero-order valence-corrected chi connectivity index (χ0v) is 12.9. The summed E-state index contributed by atoms with van der Waals surface area (Å²) in [5, 5.41) is 4.25. The Morgan fingerprint density at radius 3 is 2.87 bits per heavy atom. The number of hydrogen-bond donors (Lipinski definition) is 0. The number of carbonyl (C=O) groups is 1. The second-order valence-corrected chi connectivity index (χ2v) is 6.56. The number of amides is 1. The molecule has 0 radical (unpaired) electrons. The third kappa shape index (κ3) is 2.87. The van der Waals surface area contributed by atoms with Crippen molar-refractivity contribution in [1.29, 1.82) is 0 Å². The lowest BCUT2D eigenvalue weighted by molar-refractivity contribution is -0.133. The van der Waals surface area contributed by atoms with Gasteiger partial charge in [-0.1, -0.05) is 12.1 Å². The topological polar surface area (TPSA) is 38.1 Å². The van der Waals surface area contributed by atoms with Crippen molar-refractivity contribution in [3.05, 3.63) is 54.1 Å². The Morgan fingerprint density at radius 2 is 2.13 bits per heavy atom. The number of carbonyl (C=O) groups excluding carboxylic acids is 1. The van der Waals surface area contributed by atoms with E-state index in [0.29, 0.717) is 0 Å². The van der Waals surface area contributed by atoms with Gasteiger partial charge in [-0.2, -0.15) is 5.10 Å². The van der Waals surface area contributed by atoms with Crippen LogP contribution in [-0.4, -0.2) is 33.2 Å². The second kappa shape index (κ2) is 5.80. The zero-order valence-electron chi connectivity index (χ0n) is 12.9. The van der Waals surface area contributed by atoms with Gasteiger partial charge in [0.1, 0.15) is 5.82 Å². The lowest BCUT2D eigenvalue weighted by Gasteiger charge is -2.25. The van der Waals surface area contributed by atoms with Crippen molar-refractivity contribution in [3.63, 3.8) is 0 Å². The van der Waals surface area contributed by atoms with Gasteiger partial charge in [0.2, 0.25) is 5.91 Å². The summed E-state index contributed by atoms with van der Waals surface area (Å²) < 4.78 is 14.9. The maximum atomic E-state index is 13.0. The van der Waals surface area contributed by atoms with Crippen LogP contribution in [0.3, 0.4) is 0 Å². The van der Waals surface area contributed by atoms with Gasteiger partial charge in [-0.05, 0) is 48.9 Å². The van der Waals surface area contributed by atoms with E-state index in [1.165, 1.54) is 12.1 Å². The van der Waals surface area contributed by atoms with Crippen molar-refractivity contribution in [2.45, 2.75) is 37.8 Å². The van der Waals surface area contributed by atoms with Crippen molar-refractivity contribution in [1.82, 2.24) is 14.7 Å². The minimum atomic E-state index is -0.226. The van der Waals surface area contributed by atoms with Crippen molar-refractivity contribution >= 4 is 5.91 Å². The highest BCUT2D eigenvalue weighted by atomic mass is 19.1. The van der Waals surface area contributed by atoms with Gasteiger partial charge in [-0.25, -0.2) is 4.39 Å². The summed E-state index contributed by atoms with van der Waals surface area (Å²) in [6.07, 6.45) is 6.70. The third-order valence-corrected chi connectivity index (χ3v) is 5.02. The molecule has 0 N–H and O–H groups in total. The number of aromatic nitrogens is 2. The van der Waals surface area contributed by atoms with E-state index < -0.39 is 0 Å². The fourth-order valence-corrected chi connectivity index (χ4v) is 3.70. The van der Waals surface area contributed by atoms with Crippen LogP contribution in [0, 0.1) is 11.7 Å². The Bertz CT molecular complexity index is 683. The average Bonchev–Trinajstić information content (AvgIpc) is 2.95. The normalized spacial score (nSPS) is 26.5. The molecule has 2 fully saturated rings. The van der Waals surface area contributed by atoms with Gasteiger partial charge in [0.05, 0.1) is 12.6 Å². The molecule has 1 aromatic heterocycles. The highest BCUT2D eigenvalue weighted by molar-refractivity contribution is 5.83. The Morgan fingerprint density at radius 1 is 1.30 bits per heavy atom. The van der Waals surface area contributed by atoms with Crippen molar-refractivity contribution in [3.8, 4) is 0 Å². The summed E-state index contributed by atoms with van der Waals surface area (Å²) in [5.41, 5.74) is 1.08. The minimum absolute atomic E-state index is 0.0682. The molecule has 120 valence electrons. The predicted octanol–water partition coefficient (Wildman–Crippen LogP) is 2.82. The van der Waals surface area contributed by atoms with Crippen molar-refractivity contribution in [2.24, 2.45) is 5.92 Å². The van der Waals surface area contributed by atoms with Gasteiger partial charge in [-0.15, -0.1) is 0 Å². The Balaban J connectivity index is 1.41. The SMILES string of the molecule is O=C(C1CC1c1ccc(F)cc1)N1CCCC1Cn1cccn1. The number of hydrogen-bond acceptors (Lipinski definition) is 2. The molecule has 1 saturated carbocycles. The molecule has 4 nitrogen and oxygen atoms in total. The van der Waals surface area contributed by atoms with E-state index in [4.69, 9.17) is 0 Å². The van der Waals surface area contributed by atoms with E-state index in [1.54, 1.807) is 18.3 Å². The zero-order chi connectivity index (χ0) is 15.8. The van der Waals surface area contributed by atoms with E-state index in [0.717, 1.165) is 37.9 Å². The van der Waals surface area contributed by atoms with Gasteiger partial charge in [0.15, 0.2) is 0 Å². The maximum absolute atomic E-state index is 13.0. The molecule has 3 unspecified atom stereocenters. The van der Waals surface area contributed by atoms with Crippen LogP contribution in [0.25, 0.3) is 0 Å². The smallest absolute Gasteiger partial charge is 0.226 e. The van der Waals surface area contributed by atoms with E-state index in [1.807, 2.05) is 21.8 Å². The first-order chi connectivity index (χ1) is 11.2. The number of likely N-dealkylation sites (tertiary alicyclic amines) is 1. The summed E-state index contributed by atoms with van der Waals surface area (Å²) in [6, 6.07) is 8.72. The number of benzene rings is 1. The molecule has 1 aliphatic heterocycles. The summed E-state index contributed by atoms with van der Waals surface area (Å²) >= 11 is 0. The molecule has 2 heterocycles. The van der Waals surface area contributed by atoms with E-state index in [2.05, 4.69) is 5.10 Å². The monoisotopic (exact) mass is 313 g/mol. The Labute approximate surface area is 134 Å². The van der Waals surface area contributed by atoms with E-state index in [9.17, 15) is 9.18 Å². The molecule has 4 rings (SSSR count). The first-order valence-corrected chi connectivity index (χ1v) is 8.26. The largest absolute Gasteiger partial charge is 0.338 e. The Hall–Kier alpha value is -2.17. The van der Waals surface area contributed by atoms with Crippen LogP contribution in [0.4, 0.5) is 4.39 Å². The molecule has 2 aliphatic rings. The van der Waals surface area contributed by atoms with Crippen LogP contribution in [0.5, 0.6) is 0 Å². The van der Waals surface area contributed by atoms with Crippen LogP contribution < -0.4 is 0 Å². The predicted molar refractivity (Wildman–Crippen MR) is 84.2 cm³/mol. The molecule has 1 aromatic carbocycles. The highest BCUT2D eigenvalue weighted by Gasteiger charge is 2.47. The number of halogens is 1. The summed E-state index contributed by atoms with van der Waals surface area (Å²) in [4.78, 5) is 14.9. The van der Waals surface area contributed by atoms with Crippen LogP contribution >= 0.6 is 0 Å². The standard InChI is InChI=1S/C18H20FN3O/c19-14-6-4-13(5-7-14)16-11-17(16)18(23)22-10-1-3-15(22)12-21-9-2-8-20-21/h2,4-9,15-17H,1,3,10-12H2. The Kier molecular flexibility index (Phi) is 3.63. The van der Waals surface area contributed by atoms with Crippen LogP contribution in [0.2, 0.25) is 0 Å². The molecule has 0 bridgehead atoms. The minimum Gasteiger partial charge on any atom is -0.338 e. The first-order valence-electron chi connectivity index (χ1n) is 8.26. The average molecular weight is 313 g/mol. The third-order valence-electron chi connectivity index (χ3n) is 5.02. The van der Waals surface area contributed by atoms with E-state index >= 15 is 0 Å². The lowest BCUT2D eigenvalue weighted by atomic mass is 10.1. The first kappa shape index (κ1) is 14.4. The molecule has 23 heavy (non-hydrogen) atoms. The summed E-state index contributed by atoms with van der Waals surface area (Å²) in [6.45, 7) is 1.62. The van der Waals surface area contributed by atoms with Crippen molar-refractivity contribution in [2.75, 3.05) is 6.54 Å². The van der Waals surface area contributed by atoms with Crippen LogP contribution in [0.1, 0.15) is 30.7 Å². The number of nitrogens with zero attached hydrogens (tertiary/aromatic N) is 3. The van der Waals surface area contributed by atoms with Crippen LogP contribution in [-0.2, 0) is 11.3 Å². The molecule has 1 amide bonds. The second-order valence-electron chi connectivity index (χ2n) is 6.56. The molecule has 2 aromatic rings.